The quantitative estimate of drug-likeness (QED) is 0.143. The number of aryl methyl sites for hydroxylation is 1. The fourth-order valence-electron chi connectivity index (χ4n) is 10.8. The van der Waals surface area contributed by atoms with Gasteiger partial charge in [0.15, 0.2) is 8.07 Å². The molecule has 0 fully saturated rings. The Hall–Kier alpha value is -8.38. The molecule has 0 aliphatic carbocycles. The lowest BCUT2D eigenvalue weighted by Crippen LogP contribution is -2.73. The smallest absolute Gasteiger partial charge is 0.181 e. The topological polar surface area (TPSA) is 32.8 Å². The van der Waals surface area contributed by atoms with E-state index < -0.39 is 8.07 Å². The van der Waals surface area contributed by atoms with Crippen LogP contribution in [0.4, 0.5) is 34.1 Å². The lowest BCUT2D eigenvalue weighted by atomic mass is 10.0. The minimum atomic E-state index is -3.05. The van der Waals surface area contributed by atoms with Crippen LogP contribution in [0, 0.1) is 6.92 Å². The molecule has 5 heteroatoms. The number of benzene rings is 10. The van der Waals surface area contributed by atoms with E-state index in [0.29, 0.717) is 0 Å². The van der Waals surface area contributed by atoms with Gasteiger partial charge in [0, 0.05) is 55.7 Å². The number of hydrogen-bond acceptors (Lipinski definition) is 4. The van der Waals surface area contributed by atoms with Gasteiger partial charge in [0.05, 0.1) is 0 Å². The zero-order chi connectivity index (χ0) is 43.8. The van der Waals surface area contributed by atoms with Crippen molar-refractivity contribution in [2.45, 2.75) is 6.92 Å². The summed E-state index contributed by atoms with van der Waals surface area (Å²) < 4.78 is 12.8. The van der Waals surface area contributed by atoms with E-state index in [1.165, 1.54) is 37.4 Å². The number of rotatable bonds is 8. The van der Waals surface area contributed by atoms with Crippen LogP contribution in [0.1, 0.15) is 5.56 Å². The van der Waals surface area contributed by atoms with E-state index in [2.05, 4.69) is 229 Å². The van der Waals surface area contributed by atoms with E-state index in [9.17, 15) is 0 Å². The zero-order valence-electron chi connectivity index (χ0n) is 36.2. The van der Waals surface area contributed by atoms with Crippen molar-refractivity contribution in [3.8, 4) is 11.1 Å². The Labute approximate surface area is 383 Å². The highest BCUT2D eigenvalue weighted by Gasteiger charge is 2.50. The first-order valence-corrected chi connectivity index (χ1v) is 24.6. The van der Waals surface area contributed by atoms with Gasteiger partial charge < -0.3 is 18.6 Å². The summed E-state index contributed by atoms with van der Waals surface area (Å²) in [5, 5.41) is 9.85. The molecule has 3 heterocycles. The Morgan fingerprint density at radius 2 is 0.697 bits per heavy atom. The summed E-state index contributed by atoms with van der Waals surface area (Å²) in [4.78, 5) is 4.82. The molecule has 1 aliphatic heterocycles. The second kappa shape index (κ2) is 15.1. The molecule has 2 aromatic heterocycles. The van der Waals surface area contributed by atoms with Gasteiger partial charge in [-0.1, -0.05) is 145 Å². The summed E-state index contributed by atoms with van der Waals surface area (Å²) >= 11 is 0. The summed E-state index contributed by atoms with van der Waals surface area (Å²) in [6, 6.07) is 86.2. The predicted octanol–water partition coefficient (Wildman–Crippen LogP) is 14.1. The summed E-state index contributed by atoms with van der Waals surface area (Å²) in [6.07, 6.45) is 0. The van der Waals surface area contributed by atoms with Gasteiger partial charge in [-0.3, -0.25) is 0 Å². The molecule has 4 nitrogen and oxygen atoms in total. The molecule has 13 rings (SSSR count). The van der Waals surface area contributed by atoms with Crippen LogP contribution >= 0.6 is 0 Å². The first-order valence-electron chi connectivity index (χ1n) is 22.6. The standard InChI is InChI=1S/C61H42N2O2Si/c1-41-17-11-16-28-59(41)66(48-22-9-4-10-23-48)60-39-46(62(42-18-5-2-6-19-42)43-20-7-3-8-21-43)29-33-51(60)52-34-30-47(40-61(52)66)63(44-31-35-57-53(37-44)49-24-12-14-26-55(49)64-57)45-32-36-58-54(38-45)50-25-13-15-27-56(50)65-58/h2-40H,1H3. The molecule has 0 N–H and O–H groups in total. The normalized spacial score (nSPS) is 14.2. The van der Waals surface area contributed by atoms with E-state index >= 15 is 0 Å². The van der Waals surface area contributed by atoms with Crippen LogP contribution in [0.15, 0.2) is 245 Å². The van der Waals surface area contributed by atoms with E-state index in [1.807, 2.05) is 24.3 Å². The molecule has 312 valence electrons. The van der Waals surface area contributed by atoms with Crippen molar-refractivity contribution in [1.82, 2.24) is 0 Å². The number of nitrogens with zero attached hydrogens (tertiary/aromatic N) is 2. The monoisotopic (exact) mass is 862 g/mol. The molecule has 0 bridgehead atoms. The lowest BCUT2D eigenvalue weighted by molar-refractivity contribution is 0.668. The van der Waals surface area contributed by atoms with Gasteiger partial charge in [-0.2, -0.15) is 0 Å². The Kier molecular flexibility index (Phi) is 8.73. The lowest BCUT2D eigenvalue weighted by Gasteiger charge is -2.34. The van der Waals surface area contributed by atoms with Gasteiger partial charge in [0.2, 0.25) is 0 Å². The molecule has 0 amide bonds. The van der Waals surface area contributed by atoms with E-state index in [0.717, 1.165) is 78.0 Å². The second-order valence-electron chi connectivity index (χ2n) is 17.3. The van der Waals surface area contributed by atoms with Gasteiger partial charge in [-0.25, -0.2) is 0 Å². The van der Waals surface area contributed by atoms with E-state index in [-0.39, 0.29) is 0 Å². The molecule has 1 aliphatic rings. The number of anilines is 6. The molecular formula is C61H42N2O2Si. The molecule has 0 spiro atoms. The molecule has 0 saturated heterocycles. The summed E-state index contributed by atoms with van der Waals surface area (Å²) in [7, 11) is -3.05. The molecule has 66 heavy (non-hydrogen) atoms. The maximum absolute atomic E-state index is 6.38. The Balaban J connectivity index is 1.09. The third-order valence-electron chi connectivity index (χ3n) is 13.6. The summed E-state index contributed by atoms with van der Waals surface area (Å²) in [5.74, 6) is 0. The van der Waals surface area contributed by atoms with Crippen molar-refractivity contribution >= 4 is 107 Å². The fraction of sp³-hybridized carbons (Fsp3) is 0.0164. The van der Waals surface area contributed by atoms with Gasteiger partial charge in [0.25, 0.3) is 0 Å². The average molecular weight is 863 g/mol. The van der Waals surface area contributed by atoms with Gasteiger partial charge in [-0.05, 0) is 136 Å². The van der Waals surface area contributed by atoms with Crippen LogP contribution in [0.25, 0.3) is 55.0 Å². The van der Waals surface area contributed by atoms with Crippen LogP contribution < -0.4 is 30.5 Å². The average Bonchev–Trinajstić information content (AvgIpc) is 4.03. The number of furan rings is 2. The van der Waals surface area contributed by atoms with E-state index in [1.54, 1.807) is 0 Å². The third-order valence-corrected chi connectivity index (χ3v) is 18.7. The van der Waals surface area contributed by atoms with Crippen LogP contribution in [-0.4, -0.2) is 8.07 Å². The van der Waals surface area contributed by atoms with Crippen molar-refractivity contribution < 1.29 is 8.83 Å². The molecule has 12 aromatic rings. The van der Waals surface area contributed by atoms with Crippen molar-refractivity contribution in [1.29, 1.82) is 0 Å². The van der Waals surface area contributed by atoms with Crippen molar-refractivity contribution in [3.05, 3.63) is 242 Å². The Bertz CT molecular complexity index is 3650. The van der Waals surface area contributed by atoms with E-state index in [4.69, 9.17) is 8.83 Å². The molecule has 0 radical (unpaired) electrons. The second-order valence-corrected chi connectivity index (χ2v) is 21.0. The first-order chi connectivity index (χ1) is 32.6. The van der Waals surface area contributed by atoms with Crippen molar-refractivity contribution in [3.63, 3.8) is 0 Å². The molecule has 1 atom stereocenters. The molecule has 1 unspecified atom stereocenters. The maximum Gasteiger partial charge on any atom is 0.181 e. The van der Waals surface area contributed by atoms with Crippen LogP contribution in [0.5, 0.6) is 0 Å². The van der Waals surface area contributed by atoms with Crippen LogP contribution in [0.2, 0.25) is 0 Å². The SMILES string of the molecule is Cc1ccccc1[Si]1(c2ccccc2)c2cc(N(c3ccccc3)c3ccccc3)ccc2-c2ccc(N(c3ccc4oc5ccccc5c4c3)c3ccc4oc5ccccc5c4c3)cc21. The number of fused-ring (bicyclic) bond motifs is 9. The molecule has 10 aromatic carbocycles. The van der Waals surface area contributed by atoms with Gasteiger partial charge in [-0.15, -0.1) is 0 Å². The van der Waals surface area contributed by atoms with Gasteiger partial charge >= 0.3 is 0 Å². The zero-order valence-corrected chi connectivity index (χ0v) is 37.2. The van der Waals surface area contributed by atoms with Crippen LogP contribution in [0.3, 0.4) is 0 Å². The fourth-order valence-corrected chi connectivity index (χ4v) is 16.3. The highest BCUT2D eigenvalue weighted by atomic mass is 28.3. The summed E-state index contributed by atoms with van der Waals surface area (Å²) in [6.45, 7) is 2.29. The summed E-state index contributed by atoms with van der Waals surface area (Å²) in [5.41, 5.74) is 13.9. The molecule has 0 saturated carbocycles. The Morgan fingerprint density at radius 1 is 0.303 bits per heavy atom. The number of hydrogen-bond donors (Lipinski definition) is 0. The van der Waals surface area contributed by atoms with Crippen LogP contribution in [-0.2, 0) is 0 Å². The largest absolute Gasteiger partial charge is 0.456 e. The maximum atomic E-state index is 6.38. The van der Waals surface area contributed by atoms with Crippen molar-refractivity contribution in [2.24, 2.45) is 0 Å². The minimum Gasteiger partial charge on any atom is -0.456 e. The predicted molar refractivity (Wildman–Crippen MR) is 278 cm³/mol. The number of para-hydroxylation sites is 4. The minimum absolute atomic E-state index is 0.867. The first kappa shape index (κ1) is 38.1. The highest BCUT2D eigenvalue weighted by Crippen LogP contribution is 2.43. The van der Waals surface area contributed by atoms with Crippen molar-refractivity contribution in [2.75, 3.05) is 9.80 Å². The Morgan fingerprint density at radius 3 is 1.21 bits per heavy atom. The molecular weight excluding hydrogens is 821 g/mol. The third kappa shape index (κ3) is 5.84. The van der Waals surface area contributed by atoms with Gasteiger partial charge in [0.1, 0.15) is 22.3 Å². The highest BCUT2D eigenvalue weighted by molar-refractivity contribution is 7.22.